The van der Waals surface area contributed by atoms with Gasteiger partial charge in [-0.3, -0.25) is 4.18 Å². The predicted octanol–water partition coefficient (Wildman–Crippen LogP) is 2.23. The molecule has 0 bridgehead atoms. The van der Waals surface area contributed by atoms with E-state index >= 15 is 0 Å². The smallest absolute Gasteiger partial charge is 0.270 e. The van der Waals surface area contributed by atoms with E-state index in [1.807, 2.05) is 0 Å². The van der Waals surface area contributed by atoms with Gasteiger partial charge in [0.2, 0.25) is 0 Å². The van der Waals surface area contributed by atoms with Gasteiger partial charge in [-0.1, -0.05) is 6.07 Å². The summed E-state index contributed by atoms with van der Waals surface area (Å²) in [4.78, 5) is -0.375. The van der Waals surface area contributed by atoms with E-state index in [0.717, 1.165) is 24.5 Å². The Bertz CT molecular complexity index is 778. The van der Waals surface area contributed by atoms with Crippen LogP contribution in [0.1, 0.15) is 18.4 Å². The van der Waals surface area contributed by atoms with Crippen LogP contribution in [0.2, 0.25) is 0 Å². The van der Waals surface area contributed by atoms with E-state index in [4.69, 9.17) is 0 Å². The van der Waals surface area contributed by atoms with Crippen LogP contribution in [-0.2, 0) is 30.3 Å². The minimum absolute atomic E-state index is 0.118. The Labute approximate surface area is 132 Å². The van der Waals surface area contributed by atoms with E-state index in [0.29, 0.717) is 6.07 Å². The lowest BCUT2D eigenvalue weighted by Crippen LogP contribution is -2.38. The molecule has 130 valence electrons. The molecular weight excluding hydrogens is 357 g/mol. The van der Waals surface area contributed by atoms with Crippen molar-refractivity contribution >= 4 is 20.0 Å². The largest absolute Gasteiger partial charge is 0.416 e. The van der Waals surface area contributed by atoms with E-state index in [9.17, 15) is 30.0 Å². The molecular formula is C13H15F3O5S2. The molecule has 1 saturated carbocycles. The second-order valence-corrected chi connectivity index (χ2v) is 9.39. The lowest BCUT2D eigenvalue weighted by Gasteiger charge is -2.34. The maximum Gasteiger partial charge on any atom is 0.416 e. The fourth-order valence-corrected chi connectivity index (χ4v) is 4.76. The zero-order chi connectivity index (χ0) is 17.5. The first-order valence-electron chi connectivity index (χ1n) is 6.65. The van der Waals surface area contributed by atoms with Crippen molar-refractivity contribution in [3.05, 3.63) is 29.8 Å². The average Bonchev–Trinajstić information content (AvgIpc) is 2.34. The van der Waals surface area contributed by atoms with E-state index in [-0.39, 0.29) is 30.3 Å². The summed E-state index contributed by atoms with van der Waals surface area (Å²) in [5.74, 6) is -0.240. The van der Waals surface area contributed by atoms with Crippen LogP contribution >= 0.6 is 0 Å². The molecule has 0 amide bonds. The van der Waals surface area contributed by atoms with Crippen LogP contribution in [-0.4, -0.2) is 34.9 Å². The standard InChI is InChI=1S/C13H15F3O5S2/c1-22(17,18)21-8-9-5-12(6-9)23(19,20)11-4-2-3-10(7-11)13(14,15)16/h2-4,7,9,12H,5-6,8H2,1H3/t9-,12+. The van der Waals surface area contributed by atoms with Crippen LogP contribution in [0.15, 0.2) is 29.2 Å². The Morgan fingerprint density at radius 3 is 2.30 bits per heavy atom. The fourth-order valence-electron chi connectivity index (χ4n) is 2.33. The van der Waals surface area contributed by atoms with Gasteiger partial charge < -0.3 is 0 Å². The third-order valence-corrected chi connectivity index (χ3v) is 6.38. The molecule has 0 saturated heterocycles. The average molecular weight is 372 g/mol. The van der Waals surface area contributed by atoms with Gasteiger partial charge in [0.25, 0.3) is 10.1 Å². The molecule has 5 nitrogen and oxygen atoms in total. The number of halogens is 3. The van der Waals surface area contributed by atoms with Crippen LogP contribution in [0.5, 0.6) is 0 Å². The van der Waals surface area contributed by atoms with Gasteiger partial charge in [-0.05, 0) is 37.0 Å². The molecule has 0 N–H and O–H groups in total. The lowest BCUT2D eigenvalue weighted by atomic mass is 9.86. The monoisotopic (exact) mass is 372 g/mol. The summed E-state index contributed by atoms with van der Waals surface area (Å²) in [6.07, 6.45) is -3.40. The molecule has 1 aromatic rings. The Morgan fingerprint density at radius 1 is 1.17 bits per heavy atom. The SMILES string of the molecule is CS(=O)(=O)OC[C@H]1C[C@@H](S(=O)(=O)c2cccc(C(F)(F)F)c2)C1. The number of hydrogen-bond acceptors (Lipinski definition) is 5. The zero-order valence-corrected chi connectivity index (χ0v) is 13.7. The van der Waals surface area contributed by atoms with Crippen LogP contribution in [0, 0.1) is 5.92 Å². The second-order valence-electron chi connectivity index (χ2n) is 5.52. The Balaban J connectivity index is 2.07. The van der Waals surface area contributed by atoms with Gasteiger partial charge in [-0.15, -0.1) is 0 Å². The van der Waals surface area contributed by atoms with Crippen LogP contribution in [0.25, 0.3) is 0 Å². The molecule has 10 heteroatoms. The highest BCUT2D eigenvalue weighted by Gasteiger charge is 2.41. The number of hydrogen-bond donors (Lipinski definition) is 0. The van der Waals surface area contributed by atoms with Gasteiger partial charge in [0, 0.05) is 0 Å². The van der Waals surface area contributed by atoms with Gasteiger partial charge >= 0.3 is 6.18 Å². The van der Waals surface area contributed by atoms with Gasteiger partial charge in [0.05, 0.1) is 28.6 Å². The molecule has 2 rings (SSSR count). The van der Waals surface area contributed by atoms with Crippen molar-refractivity contribution in [1.82, 2.24) is 0 Å². The highest BCUT2D eigenvalue weighted by atomic mass is 32.2. The molecule has 0 spiro atoms. The molecule has 0 radical (unpaired) electrons. The zero-order valence-electron chi connectivity index (χ0n) is 12.1. The van der Waals surface area contributed by atoms with Crippen molar-refractivity contribution in [1.29, 1.82) is 0 Å². The van der Waals surface area contributed by atoms with E-state index in [1.54, 1.807) is 0 Å². The number of alkyl halides is 3. The van der Waals surface area contributed by atoms with E-state index in [1.165, 1.54) is 0 Å². The Morgan fingerprint density at radius 2 is 1.78 bits per heavy atom. The third kappa shape index (κ3) is 4.45. The first-order valence-corrected chi connectivity index (χ1v) is 10.0. The normalized spacial score (nSPS) is 22.6. The summed E-state index contributed by atoms with van der Waals surface area (Å²) in [5, 5.41) is -0.820. The van der Waals surface area contributed by atoms with E-state index in [2.05, 4.69) is 4.18 Å². The Kier molecular flexibility index (Phi) is 4.80. The first-order chi connectivity index (χ1) is 10.4. The molecule has 1 aliphatic rings. The molecule has 0 heterocycles. The molecule has 23 heavy (non-hydrogen) atoms. The highest BCUT2D eigenvalue weighted by molar-refractivity contribution is 7.92. The van der Waals surface area contributed by atoms with Crippen molar-refractivity contribution in [2.75, 3.05) is 12.9 Å². The fraction of sp³-hybridized carbons (Fsp3) is 0.538. The third-order valence-electron chi connectivity index (χ3n) is 3.64. The molecule has 0 aliphatic heterocycles. The van der Waals surface area contributed by atoms with Crippen molar-refractivity contribution in [2.45, 2.75) is 29.2 Å². The van der Waals surface area contributed by atoms with Crippen LogP contribution in [0.3, 0.4) is 0 Å². The van der Waals surface area contributed by atoms with Gasteiger partial charge in [0.1, 0.15) is 0 Å². The van der Waals surface area contributed by atoms with Crippen molar-refractivity contribution in [2.24, 2.45) is 5.92 Å². The quantitative estimate of drug-likeness (QED) is 0.741. The summed E-state index contributed by atoms with van der Waals surface area (Å²) >= 11 is 0. The lowest BCUT2D eigenvalue weighted by molar-refractivity contribution is -0.137. The Hall–Kier alpha value is -1.13. The number of sulfone groups is 1. The molecule has 1 aliphatic carbocycles. The van der Waals surface area contributed by atoms with Gasteiger partial charge in [-0.2, -0.15) is 21.6 Å². The maximum absolute atomic E-state index is 12.7. The second kappa shape index (κ2) is 6.06. The van der Waals surface area contributed by atoms with Crippen molar-refractivity contribution in [3.63, 3.8) is 0 Å². The van der Waals surface area contributed by atoms with Crippen molar-refractivity contribution < 1.29 is 34.2 Å². The summed E-state index contributed by atoms with van der Waals surface area (Å²) in [5.41, 5.74) is -1.02. The molecule has 1 fully saturated rings. The summed E-state index contributed by atoms with van der Waals surface area (Å²) in [7, 11) is -7.47. The number of rotatable bonds is 5. The minimum Gasteiger partial charge on any atom is -0.270 e. The summed E-state index contributed by atoms with van der Waals surface area (Å²) in [6.45, 7) is -0.118. The first kappa shape index (κ1) is 18.2. The van der Waals surface area contributed by atoms with Crippen molar-refractivity contribution in [3.8, 4) is 0 Å². The molecule has 0 atom stereocenters. The van der Waals surface area contributed by atoms with Crippen LogP contribution in [0.4, 0.5) is 13.2 Å². The topological polar surface area (TPSA) is 77.5 Å². The van der Waals surface area contributed by atoms with Gasteiger partial charge in [0.15, 0.2) is 9.84 Å². The molecule has 0 unspecified atom stereocenters. The maximum atomic E-state index is 12.7. The van der Waals surface area contributed by atoms with E-state index < -0.39 is 36.9 Å². The minimum atomic E-state index is -4.61. The summed E-state index contributed by atoms with van der Waals surface area (Å²) in [6, 6.07) is 3.61. The van der Waals surface area contributed by atoms with Crippen LogP contribution < -0.4 is 0 Å². The predicted molar refractivity (Wildman–Crippen MR) is 75.9 cm³/mol. The molecule has 1 aromatic carbocycles. The molecule has 0 aromatic heterocycles. The summed E-state index contributed by atoms with van der Waals surface area (Å²) < 4.78 is 88.9. The van der Waals surface area contributed by atoms with Gasteiger partial charge in [-0.25, -0.2) is 8.42 Å². The highest BCUT2D eigenvalue weighted by Crippen LogP contribution is 2.38. The number of benzene rings is 1.